The summed E-state index contributed by atoms with van der Waals surface area (Å²) in [4.78, 5) is 22.0. The molecule has 0 bridgehead atoms. The van der Waals surface area contributed by atoms with Gasteiger partial charge in [0.15, 0.2) is 0 Å². The normalized spacial score (nSPS) is 12.5. The highest BCUT2D eigenvalue weighted by Gasteiger charge is 2.18. The summed E-state index contributed by atoms with van der Waals surface area (Å²) in [6.45, 7) is 4.40. The maximum absolute atomic E-state index is 12.3. The van der Waals surface area contributed by atoms with E-state index in [0.29, 0.717) is 6.54 Å². The van der Waals surface area contributed by atoms with Crippen LogP contribution in [0.5, 0.6) is 0 Å². The topological polar surface area (TPSA) is 86.2 Å². The third-order valence-electron chi connectivity index (χ3n) is 4.29. The SMILES string of the molecule is CCc1nc2ccc(NC(=O)NC[C@H](c3ccc(C)o3)N(C)C)cc2[nH]1. The number of benzene rings is 1. The van der Waals surface area contributed by atoms with E-state index in [0.717, 1.165) is 40.5 Å². The van der Waals surface area contributed by atoms with E-state index in [2.05, 4.69) is 20.6 Å². The van der Waals surface area contributed by atoms with Crippen LogP contribution < -0.4 is 10.6 Å². The van der Waals surface area contributed by atoms with Gasteiger partial charge in [0.2, 0.25) is 0 Å². The molecule has 2 heterocycles. The summed E-state index contributed by atoms with van der Waals surface area (Å²) in [5.41, 5.74) is 2.53. The first-order chi connectivity index (χ1) is 12.5. The Hall–Kier alpha value is -2.80. The summed E-state index contributed by atoms with van der Waals surface area (Å²) in [6.07, 6.45) is 0.843. The molecule has 7 heteroatoms. The molecule has 0 radical (unpaired) electrons. The van der Waals surface area contributed by atoms with Crippen LogP contribution in [-0.2, 0) is 6.42 Å². The average Bonchev–Trinajstić information content (AvgIpc) is 3.20. The Morgan fingerprint density at radius 1 is 1.31 bits per heavy atom. The Bertz CT molecular complexity index is 896. The van der Waals surface area contributed by atoms with Crippen molar-refractivity contribution in [2.75, 3.05) is 26.0 Å². The zero-order chi connectivity index (χ0) is 18.7. The molecule has 0 saturated carbocycles. The van der Waals surface area contributed by atoms with Gasteiger partial charge in [0, 0.05) is 18.7 Å². The summed E-state index contributed by atoms with van der Waals surface area (Å²) < 4.78 is 5.69. The van der Waals surface area contributed by atoms with Gasteiger partial charge in [-0.2, -0.15) is 0 Å². The second-order valence-corrected chi connectivity index (χ2v) is 6.53. The molecule has 0 aliphatic rings. The van der Waals surface area contributed by atoms with E-state index in [9.17, 15) is 4.79 Å². The van der Waals surface area contributed by atoms with Crippen LogP contribution in [0.4, 0.5) is 10.5 Å². The van der Waals surface area contributed by atoms with Crippen LogP contribution in [-0.4, -0.2) is 41.5 Å². The maximum atomic E-state index is 12.3. The van der Waals surface area contributed by atoms with Crippen LogP contribution in [0.25, 0.3) is 11.0 Å². The number of carbonyl (C=O) groups excluding carboxylic acids is 1. The van der Waals surface area contributed by atoms with Crippen LogP contribution in [0.3, 0.4) is 0 Å². The predicted molar refractivity (Wildman–Crippen MR) is 102 cm³/mol. The van der Waals surface area contributed by atoms with Crippen LogP contribution >= 0.6 is 0 Å². The minimum Gasteiger partial charge on any atom is -0.465 e. The van der Waals surface area contributed by atoms with Crippen molar-refractivity contribution in [1.82, 2.24) is 20.2 Å². The molecule has 0 unspecified atom stereocenters. The second kappa shape index (κ2) is 7.61. The zero-order valence-corrected chi connectivity index (χ0v) is 15.6. The molecule has 3 rings (SSSR count). The van der Waals surface area contributed by atoms with Crippen molar-refractivity contribution in [3.8, 4) is 0 Å². The standard InChI is InChI=1S/C19H25N5O2/c1-5-18-22-14-8-7-13(10-15(14)23-18)21-19(25)20-11-16(24(3)4)17-9-6-12(2)26-17/h6-10,16H,5,11H2,1-4H3,(H,22,23)(H2,20,21,25)/t16-/m1/s1. The summed E-state index contributed by atoms with van der Waals surface area (Å²) in [7, 11) is 3.92. The van der Waals surface area contributed by atoms with E-state index < -0.39 is 0 Å². The number of aryl methyl sites for hydroxylation is 2. The number of aromatic amines is 1. The van der Waals surface area contributed by atoms with Gasteiger partial charge in [0.1, 0.15) is 17.3 Å². The lowest BCUT2D eigenvalue weighted by molar-refractivity contribution is 0.232. The van der Waals surface area contributed by atoms with Gasteiger partial charge in [-0.25, -0.2) is 9.78 Å². The van der Waals surface area contributed by atoms with Gasteiger partial charge in [-0.05, 0) is 51.4 Å². The molecule has 2 aromatic heterocycles. The van der Waals surface area contributed by atoms with Crippen LogP contribution in [0.1, 0.15) is 30.3 Å². The lowest BCUT2D eigenvalue weighted by Gasteiger charge is -2.22. The van der Waals surface area contributed by atoms with Crippen molar-refractivity contribution in [1.29, 1.82) is 0 Å². The fourth-order valence-corrected chi connectivity index (χ4v) is 2.84. The summed E-state index contributed by atoms with van der Waals surface area (Å²) >= 11 is 0. The Kier molecular flexibility index (Phi) is 5.27. The number of hydrogen-bond acceptors (Lipinski definition) is 4. The molecule has 0 aliphatic heterocycles. The number of likely N-dealkylation sites (N-methyl/N-ethyl adjacent to an activating group) is 1. The Morgan fingerprint density at radius 3 is 2.77 bits per heavy atom. The zero-order valence-electron chi connectivity index (χ0n) is 15.6. The van der Waals surface area contributed by atoms with E-state index in [4.69, 9.17) is 4.42 Å². The summed E-state index contributed by atoms with van der Waals surface area (Å²) in [5, 5.41) is 5.77. The highest BCUT2D eigenvalue weighted by atomic mass is 16.3. The minimum absolute atomic E-state index is 0.0309. The highest BCUT2D eigenvalue weighted by Crippen LogP contribution is 2.20. The monoisotopic (exact) mass is 355 g/mol. The number of anilines is 1. The number of rotatable bonds is 6. The van der Waals surface area contributed by atoms with Gasteiger partial charge in [-0.15, -0.1) is 0 Å². The number of furan rings is 1. The van der Waals surface area contributed by atoms with E-state index in [1.165, 1.54) is 0 Å². The van der Waals surface area contributed by atoms with E-state index in [1.807, 2.05) is 63.2 Å². The minimum atomic E-state index is -0.255. The number of aromatic nitrogens is 2. The van der Waals surface area contributed by atoms with Gasteiger partial charge in [0.25, 0.3) is 0 Å². The smallest absolute Gasteiger partial charge is 0.319 e. The molecule has 1 aromatic carbocycles. The quantitative estimate of drug-likeness (QED) is 0.632. The number of urea groups is 1. The van der Waals surface area contributed by atoms with E-state index in [1.54, 1.807) is 0 Å². The first-order valence-corrected chi connectivity index (χ1v) is 8.72. The third kappa shape index (κ3) is 4.05. The third-order valence-corrected chi connectivity index (χ3v) is 4.29. The largest absolute Gasteiger partial charge is 0.465 e. The van der Waals surface area contributed by atoms with Gasteiger partial charge < -0.3 is 20.0 Å². The summed E-state index contributed by atoms with van der Waals surface area (Å²) in [6, 6.07) is 9.22. The number of imidazole rings is 1. The number of amides is 2. The van der Waals surface area contributed by atoms with Crippen LogP contribution in [0.2, 0.25) is 0 Å². The number of H-pyrrole nitrogens is 1. The van der Waals surface area contributed by atoms with Crippen LogP contribution in [0, 0.1) is 6.92 Å². The first kappa shape index (κ1) is 18.0. The number of nitrogens with zero attached hydrogens (tertiary/aromatic N) is 2. The molecule has 7 nitrogen and oxygen atoms in total. The highest BCUT2D eigenvalue weighted by molar-refractivity contribution is 5.91. The van der Waals surface area contributed by atoms with Crippen molar-refractivity contribution >= 4 is 22.8 Å². The fraction of sp³-hybridized carbons (Fsp3) is 0.368. The fourth-order valence-electron chi connectivity index (χ4n) is 2.84. The molecule has 0 saturated heterocycles. The molecule has 3 N–H and O–H groups in total. The predicted octanol–water partition coefficient (Wildman–Crippen LogP) is 3.45. The van der Waals surface area contributed by atoms with Gasteiger partial charge in [0.05, 0.1) is 17.1 Å². The lowest BCUT2D eigenvalue weighted by Crippen LogP contribution is -2.36. The molecular weight excluding hydrogens is 330 g/mol. The molecule has 0 aliphatic carbocycles. The Labute approximate surface area is 152 Å². The van der Waals surface area contributed by atoms with Crippen molar-refractivity contribution < 1.29 is 9.21 Å². The Balaban J connectivity index is 1.62. The van der Waals surface area contributed by atoms with Crippen molar-refractivity contribution in [3.63, 3.8) is 0 Å². The molecule has 138 valence electrons. The Morgan fingerprint density at radius 2 is 2.12 bits per heavy atom. The number of hydrogen-bond donors (Lipinski definition) is 3. The second-order valence-electron chi connectivity index (χ2n) is 6.53. The van der Waals surface area contributed by atoms with Crippen molar-refractivity contribution in [2.45, 2.75) is 26.3 Å². The van der Waals surface area contributed by atoms with Crippen molar-refractivity contribution in [2.24, 2.45) is 0 Å². The summed E-state index contributed by atoms with van der Waals surface area (Å²) in [5.74, 6) is 2.62. The molecule has 2 amide bonds. The number of fused-ring (bicyclic) bond motifs is 1. The first-order valence-electron chi connectivity index (χ1n) is 8.72. The van der Waals surface area contributed by atoms with Crippen LogP contribution in [0.15, 0.2) is 34.7 Å². The molecule has 0 fully saturated rings. The van der Waals surface area contributed by atoms with Crippen molar-refractivity contribution in [3.05, 3.63) is 47.7 Å². The molecular formula is C19H25N5O2. The van der Waals surface area contributed by atoms with Gasteiger partial charge in [-0.1, -0.05) is 6.92 Å². The van der Waals surface area contributed by atoms with E-state index in [-0.39, 0.29) is 12.1 Å². The average molecular weight is 355 g/mol. The number of nitrogens with one attached hydrogen (secondary N) is 3. The number of carbonyl (C=O) groups is 1. The van der Waals surface area contributed by atoms with E-state index >= 15 is 0 Å². The molecule has 1 atom stereocenters. The molecule has 3 aromatic rings. The van der Waals surface area contributed by atoms with Gasteiger partial charge >= 0.3 is 6.03 Å². The maximum Gasteiger partial charge on any atom is 0.319 e. The molecule has 0 spiro atoms. The molecule has 26 heavy (non-hydrogen) atoms. The van der Waals surface area contributed by atoms with Gasteiger partial charge in [-0.3, -0.25) is 4.90 Å². The lowest BCUT2D eigenvalue weighted by atomic mass is 10.2.